The molecule has 0 aromatic heterocycles. The zero-order valence-electron chi connectivity index (χ0n) is 6.60. The lowest BCUT2D eigenvalue weighted by atomic mass is 10.0. The number of hydrogen-bond donors (Lipinski definition) is 0. The fraction of sp³-hybridized carbons (Fsp3) is 0.400. The molecule has 0 spiro atoms. The van der Waals surface area contributed by atoms with Gasteiger partial charge in [0.2, 0.25) is 0 Å². The monoisotopic (exact) mass is 150 g/mol. The highest BCUT2D eigenvalue weighted by atomic mass is 19.1. The molecule has 1 saturated carbocycles. The molecule has 0 aliphatic heterocycles. The van der Waals surface area contributed by atoms with E-state index in [1.807, 2.05) is 13.0 Å². The Kier molecular flexibility index (Phi) is 1.45. The van der Waals surface area contributed by atoms with E-state index < -0.39 is 0 Å². The summed E-state index contributed by atoms with van der Waals surface area (Å²) >= 11 is 0. The molecule has 0 amide bonds. The molecule has 1 aliphatic carbocycles. The highest BCUT2D eigenvalue weighted by Crippen LogP contribution is 2.42. The van der Waals surface area contributed by atoms with E-state index in [0.717, 1.165) is 11.1 Å². The van der Waals surface area contributed by atoms with Gasteiger partial charge in [-0.1, -0.05) is 12.1 Å². The number of hydrogen-bond acceptors (Lipinski definition) is 0. The maximum Gasteiger partial charge on any atom is 0.126 e. The summed E-state index contributed by atoms with van der Waals surface area (Å²) < 4.78 is 13.1. The minimum absolute atomic E-state index is 0.0208. The van der Waals surface area contributed by atoms with Crippen molar-refractivity contribution < 1.29 is 4.39 Å². The summed E-state index contributed by atoms with van der Waals surface area (Å²) in [5.74, 6) is 0.503. The fourth-order valence-electron chi connectivity index (χ4n) is 1.53. The molecular formula is C10H11F. The summed E-state index contributed by atoms with van der Waals surface area (Å²) in [6.07, 6.45) is 2.34. The molecule has 0 atom stereocenters. The summed E-state index contributed by atoms with van der Waals surface area (Å²) in [7, 11) is 0. The van der Waals surface area contributed by atoms with E-state index >= 15 is 0 Å². The Hall–Kier alpha value is -0.850. The van der Waals surface area contributed by atoms with E-state index in [4.69, 9.17) is 0 Å². The van der Waals surface area contributed by atoms with Crippen LogP contribution in [0.25, 0.3) is 0 Å². The quantitative estimate of drug-likeness (QED) is 0.577. The average molecular weight is 150 g/mol. The first kappa shape index (κ1) is 6.84. The Morgan fingerprint density at radius 1 is 1.36 bits per heavy atom. The lowest BCUT2D eigenvalue weighted by Crippen LogP contribution is -1.90. The van der Waals surface area contributed by atoms with E-state index in [0.29, 0.717) is 5.92 Å². The number of rotatable bonds is 1. The van der Waals surface area contributed by atoms with Crippen LogP contribution in [0.5, 0.6) is 0 Å². The van der Waals surface area contributed by atoms with E-state index in [-0.39, 0.29) is 5.82 Å². The van der Waals surface area contributed by atoms with Crippen molar-refractivity contribution in [2.75, 3.05) is 0 Å². The second-order valence-corrected chi connectivity index (χ2v) is 3.24. The van der Waals surface area contributed by atoms with E-state index in [1.165, 1.54) is 12.8 Å². The molecule has 0 bridgehead atoms. The van der Waals surface area contributed by atoms with Gasteiger partial charge in [0.15, 0.2) is 0 Å². The van der Waals surface area contributed by atoms with Crippen molar-refractivity contribution >= 4 is 0 Å². The molecule has 0 nitrogen and oxygen atoms in total. The molecule has 0 radical (unpaired) electrons. The first-order valence-electron chi connectivity index (χ1n) is 4.04. The third kappa shape index (κ3) is 1.15. The van der Waals surface area contributed by atoms with E-state index in [9.17, 15) is 4.39 Å². The maximum absolute atomic E-state index is 13.1. The van der Waals surface area contributed by atoms with Gasteiger partial charge in [-0.2, -0.15) is 0 Å². The van der Waals surface area contributed by atoms with Crippen LogP contribution in [0.1, 0.15) is 29.9 Å². The predicted octanol–water partition coefficient (Wildman–Crippen LogP) is 3.01. The van der Waals surface area contributed by atoms with Gasteiger partial charge < -0.3 is 0 Å². The SMILES string of the molecule is Cc1cccc(F)c1C1CC1. The summed E-state index contributed by atoms with van der Waals surface area (Å²) in [5, 5.41) is 0. The predicted molar refractivity (Wildman–Crippen MR) is 43.1 cm³/mol. The number of aryl methyl sites for hydroxylation is 1. The molecule has 1 aliphatic rings. The minimum atomic E-state index is -0.0208. The first-order valence-corrected chi connectivity index (χ1v) is 4.04. The van der Waals surface area contributed by atoms with Crippen LogP contribution >= 0.6 is 0 Å². The van der Waals surface area contributed by atoms with Gasteiger partial charge in [-0.25, -0.2) is 4.39 Å². The number of benzene rings is 1. The lowest BCUT2D eigenvalue weighted by molar-refractivity contribution is 0.609. The van der Waals surface area contributed by atoms with Gasteiger partial charge in [0.05, 0.1) is 0 Å². The average Bonchev–Trinajstić information content (AvgIpc) is 2.70. The molecule has 1 aromatic rings. The van der Waals surface area contributed by atoms with Gasteiger partial charge in [0.25, 0.3) is 0 Å². The Balaban J connectivity index is 2.48. The van der Waals surface area contributed by atoms with Gasteiger partial charge in [0.1, 0.15) is 5.82 Å². The normalized spacial score (nSPS) is 16.9. The molecule has 0 N–H and O–H groups in total. The van der Waals surface area contributed by atoms with Gasteiger partial charge in [0, 0.05) is 0 Å². The summed E-state index contributed by atoms with van der Waals surface area (Å²) in [4.78, 5) is 0. The maximum atomic E-state index is 13.1. The lowest BCUT2D eigenvalue weighted by Gasteiger charge is -2.03. The molecule has 58 valence electrons. The van der Waals surface area contributed by atoms with Crippen LogP contribution in [0.4, 0.5) is 4.39 Å². The molecular weight excluding hydrogens is 139 g/mol. The van der Waals surface area contributed by atoms with Crippen molar-refractivity contribution in [2.24, 2.45) is 0 Å². The Labute approximate surface area is 66.1 Å². The standard InChI is InChI=1S/C10H11F/c1-7-3-2-4-9(11)10(7)8-5-6-8/h2-4,8H,5-6H2,1H3. The van der Waals surface area contributed by atoms with Gasteiger partial charge >= 0.3 is 0 Å². The molecule has 0 saturated heterocycles. The van der Waals surface area contributed by atoms with Crippen molar-refractivity contribution in [3.8, 4) is 0 Å². The van der Waals surface area contributed by atoms with Crippen LogP contribution < -0.4 is 0 Å². The van der Waals surface area contributed by atoms with Crippen molar-refractivity contribution in [1.29, 1.82) is 0 Å². The first-order chi connectivity index (χ1) is 5.29. The van der Waals surface area contributed by atoms with Crippen LogP contribution in [0.15, 0.2) is 18.2 Å². The molecule has 0 unspecified atom stereocenters. The second kappa shape index (κ2) is 2.33. The van der Waals surface area contributed by atoms with Crippen LogP contribution in [0.2, 0.25) is 0 Å². The molecule has 1 aromatic carbocycles. The fourth-order valence-corrected chi connectivity index (χ4v) is 1.53. The Bertz CT molecular complexity index is 254. The zero-order valence-corrected chi connectivity index (χ0v) is 6.60. The largest absolute Gasteiger partial charge is 0.207 e. The summed E-state index contributed by atoms with van der Waals surface area (Å²) in [5.41, 5.74) is 2.06. The van der Waals surface area contributed by atoms with Crippen LogP contribution in [0, 0.1) is 12.7 Å². The van der Waals surface area contributed by atoms with Gasteiger partial charge in [-0.3, -0.25) is 0 Å². The van der Waals surface area contributed by atoms with Crippen LogP contribution in [0.3, 0.4) is 0 Å². The van der Waals surface area contributed by atoms with Crippen molar-refractivity contribution in [3.63, 3.8) is 0 Å². The third-order valence-electron chi connectivity index (χ3n) is 2.26. The smallest absolute Gasteiger partial charge is 0.126 e. The summed E-state index contributed by atoms with van der Waals surface area (Å²) in [6.45, 7) is 1.98. The van der Waals surface area contributed by atoms with Crippen molar-refractivity contribution in [2.45, 2.75) is 25.7 Å². The van der Waals surface area contributed by atoms with Gasteiger partial charge in [-0.05, 0) is 42.9 Å². The molecule has 0 heterocycles. The Morgan fingerprint density at radius 3 is 2.64 bits per heavy atom. The van der Waals surface area contributed by atoms with Crippen LogP contribution in [-0.2, 0) is 0 Å². The molecule has 1 heteroatoms. The van der Waals surface area contributed by atoms with Crippen molar-refractivity contribution in [3.05, 3.63) is 35.1 Å². The highest BCUT2D eigenvalue weighted by molar-refractivity contribution is 5.33. The minimum Gasteiger partial charge on any atom is -0.207 e. The molecule has 11 heavy (non-hydrogen) atoms. The zero-order chi connectivity index (χ0) is 7.84. The second-order valence-electron chi connectivity index (χ2n) is 3.24. The molecule has 2 rings (SSSR count). The third-order valence-corrected chi connectivity index (χ3v) is 2.26. The Morgan fingerprint density at radius 2 is 2.09 bits per heavy atom. The molecule has 1 fully saturated rings. The van der Waals surface area contributed by atoms with Crippen molar-refractivity contribution in [1.82, 2.24) is 0 Å². The van der Waals surface area contributed by atoms with E-state index in [2.05, 4.69) is 0 Å². The van der Waals surface area contributed by atoms with Gasteiger partial charge in [-0.15, -0.1) is 0 Å². The summed E-state index contributed by atoms with van der Waals surface area (Å²) in [6, 6.07) is 5.31. The topological polar surface area (TPSA) is 0 Å². The van der Waals surface area contributed by atoms with Crippen LogP contribution in [-0.4, -0.2) is 0 Å². The number of halogens is 1. The highest BCUT2D eigenvalue weighted by Gasteiger charge is 2.27. The van der Waals surface area contributed by atoms with E-state index in [1.54, 1.807) is 12.1 Å².